The number of benzene rings is 1. The maximum absolute atomic E-state index is 11.9. The molecule has 20 heavy (non-hydrogen) atoms. The second-order valence-electron chi connectivity index (χ2n) is 4.78. The van der Waals surface area contributed by atoms with Crippen molar-refractivity contribution in [1.82, 2.24) is 0 Å². The summed E-state index contributed by atoms with van der Waals surface area (Å²) in [6.07, 6.45) is 0.786. The molecule has 0 aliphatic carbocycles. The average molecular weight is 286 g/mol. The molecule has 3 rings (SSSR count). The van der Waals surface area contributed by atoms with Crippen LogP contribution in [0.4, 0.5) is 11.4 Å². The largest absolute Gasteiger partial charge is 0.326 e. The summed E-state index contributed by atoms with van der Waals surface area (Å²) in [4.78, 5) is 26.2. The summed E-state index contributed by atoms with van der Waals surface area (Å²) in [6, 6.07) is 9.47. The van der Waals surface area contributed by atoms with Gasteiger partial charge >= 0.3 is 0 Å². The molecule has 0 spiro atoms. The zero-order chi connectivity index (χ0) is 14.1. The maximum Gasteiger partial charge on any atom is 0.231 e. The van der Waals surface area contributed by atoms with Gasteiger partial charge in [0.2, 0.25) is 11.8 Å². The lowest BCUT2D eigenvalue weighted by Crippen LogP contribution is -2.20. The lowest BCUT2D eigenvalue weighted by atomic mass is 10.1. The van der Waals surface area contributed by atoms with Crippen LogP contribution >= 0.6 is 11.3 Å². The van der Waals surface area contributed by atoms with Gasteiger partial charge in [-0.25, -0.2) is 0 Å². The molecule has 0 fully saturated rings. The fraction of sp³-hybridized carbons (Fsp3) is 0.200. The zero-order valence-electron chi connectivity index (χ0n) is 11.1. The number of nitrogens with zero attached hydrogens (tertiary/aromatic N) is 1. The second kappa shape index (κ2) is 5.09. The molecule has 1 aliphatic heterocycles. The van der Waals surface area contributed by atoms with E-state index in [4.69, 9.17) is 0 Å². The molecule has 0 radical (unpaired) electrons. The molecule has 4 nitrogen and oxygen atoms in total. The van der Waals surface area contributed by atoms with Gasteiger partial charge in [0.1, 0.15) is 0 Å². The van der Waals surface area contributed by atoms with E-state index in [0.29, 0.717) is 12.8 Å². The summed E-state index contributed by atoms with van der Waals surface area (Å²) in [5, 5.41) is 4.84. The highest BCUT2D eigenvalue weighted by Crippen LogP contribution is 2.30. The van der Waals surface area contributed by atoms with Crippen molar-refractivity contribution < 1.29 is 9.59 Å². The van der Waals surface area contributed by atoms with E-state index >= 15 is 0 Å². The van der Waals surface area contributed by atoms with Gasteiger partial charge in [0.25, 0.3) is 0 Å². The van der Waals surface area contributed by atoms with E-state index in [0.717, 1.165) is 21.8 Å². The molecule has 1 N–H and O–H groups in total. The first-order chi connectivity index (χ1) is 9.63. The van der Waals surface area contributed by atoms with Gasteiger partial charge in [-0.15, -0.1) is 11.3 Å². The molecule has 1 aliphatic rings. The summed E-state index contributed by atoms with van der Waals surface area (Å²) in [5.74, 6) is 0.0483. The Morgan fingerprint density at radius 3 is 3.00 bits per heavy atom. The van der Waals surface area contributed by atoms with Crippen LogP contribution in [-0.2, 0) is 22.4 Å². The highest BCUT2D eigenvalue weighted by atomic mass is 32.1. The van der Waals surface area contributed by atoms with Crippen LogP contribution in [0.5, 0.6) is 0 Å². The second-order valence-corrected chi connectivity index (χ2v) is 5.81. The van der Waals surface area contributed by atoms with E-state index in [2.05, 4.69) is 5.32 Å². The summed E-state index contributed by atoms with van der Waals surface area (Å²) in [6.45, 7) is 0. The topological polar surface area (TPSA) is 49.4 Å². The van der Waals surface area contributed by atoms with Crippen molar-refractivity contribution >= 4 is 34.5 Å². The first kappa shape index (κ1) is 12.9. The molecular weight excluding hydrogens is 272 g/mol. The maximum atomic E-state index is 11.9. The summed E-state index contributed by atoms with van der Waals surface area (Å²) >= 11 is 1.57. The predicted molar refractivity (Wildman–Crippen MR) is 80.2 cm³/mol. The van der Waals surface area contributed by atoms with Gasteiger partial charge in [-0.05, 0) is 35.2 Å². The third kappa shape index (κ3) is 2.44. The Balaban J connectivity index is 1.71. The van der Waals surface area contributed by atoms with Crippen LogP contribution in [0.25, 0.3) is 0 Å². The smallest absolute Gasteiger partial charge is 0.231 e. The number of nitrogens with one attached hydrogen (secondary N) is 1. The average Bonchev–Trinajstić information content (AvgIpc) is 2.99. The molecule has 0 bridgehead atoms. The van der Waals surface area contributed by atoms with Crippen LogP contribution in [0.3, 0.4) is 0 Å². The van der Waals surface area contributed by atoms with E-state index in [1.165, 1.54) is 0 Å². The normalized spacial score (nSPS) is 13.4. The molecule has 0 unspecified atom stereocenters. The molecule has 1 aromatic heterocycles. The molecule has 1 aromatic carbocycles. The van der Waals surface area contributed by atoms with E-state index in [-0.39, 0.29) is 11.8 Å². The van der Waals surface area contributed by atoms with Gasteiger partial charge in [0, 0.05) is 23.3 Å². The quantitative estimate of drug-likeness (QED) is 0.942. The van der Waals surface area contributed by atoms with Crippen LogP contribution in [-0.4, -0.2) is 18.9 Å². The Morgan fingerprint density at radius 2 is 2.25 bits per heavy atom. The summed E-state index contributed by atoms with van der Waals surface area (Å²) in [7, 11) is 1.77. The zero-order valence-corrected chi connectivity index (χ0v) is 11.9. The summed E-state index contributed by atoms with van der Waals surface area (Å²) < 4.78 is 0. The third-order valence-corrected chi connectivity index (χ3v) is 4.23. The van der Waals surface area contributed by atoms with Crippen molar-refractivity contribution in [2.45, 2.75) is 12.8 Å². The minimum atomic E-state index is -0.0370. The van der Waals surface area contributed by atoms with Gasteiger partial charge < -0.3 is 10.2 Å². The fourth-order valence-corrected chi connectivity index (χ4v) is 3.03. The van der Waals surface area contributed by atoms with Gasteiger partial charge in [-0.3, -0.25) is 9.59 Å². The molecule has 0 saturated carbocycles. The molecule has 102 valence electrons. The number of thiophene rings is 1. The van der Waals surface area contributed by atoms with E-state index in [9.17, 15) is 9.59 Å². The monoisotopic (exact) mass is 286 g/mol. The third-order valence-electron chi connectivity index (χ3n) is 3.36. The van der Waals surface area contributed by atoms with Crippen molar-refractivity contribution in [2.75, 3.05) is 17.3 Å². The van der Waals surface area contributed by atoms with Crippen LogP contribution in [0, 0.1) is 0 Å². The Labute approximate surface area is 121 Å². The van der Waals surface area contributed by atoms with Crippen LogP contribution in [0.1, 0.15) is 10.4 Å². The summed E-state index contributed by atoms with van der Waals surface area (Å²) in [5.41, 5.74) is 2.63. The minimum absolute atomic E-state index is 0.0370. The van der Waals surface area contributed by atoms with Crippen molar-refractivity contribution in [3.05, 3.63) is 46.2 Å². The number of anilines is 2. The number of amides is 2. The van der Waals surface area contributed by atoms with E-state index < -0.39 is 0 Å². The Bertz CT molecular complexity index is 665. The SMILES string of the molecule is CN1C(=O)Cc2cc(NC(=O)Cc3cccs3)ccc21. The number of fused-ring (bicyclic) bond motifs is 1. The van der Waals surface area contributed by atoms with Crippen LogP contribution < -0.4 is 10.2 Å². The van der Waals surface area contributed by atoms with Gasteiger partial charge in [0.15, 0.2) is 0 Å². The number of carbonyl (C=O) groups excluding carboxylic acids is 2. The number of rotatable bonds is 3. The Morgan fingerprint density at radius 1 is 1.40 bits per heavy atom. The molecule has 2 amide bonds. The first-order valence-corrected chi connectivity index (χ1v) is 7.23. The van der Waals surface area contributed by atoms with Crippen LogP contribution in [0.2, 0.25) is 0 Å². The molecular formula is C15H14N2O2S. The number of likely N-dealkylation sites (N-methyl/N-ethyl adjacent to an activating group) is 1. The van der Waals surface area contributed by atoms with Crippen molar-refractivity contribution in [2.24, 2.45) is 0 Å². The van der Waals surface area contributed by atoms with Gasteiger partial charge in [0.05, 0.1) is 12.8 Å². The lowest BCUT2D eigenvalue weighted by Gasteiger charge is -2.11. The highest BCUT2D eigenvalue weighted by Gasteiger charge is 2.23. The van der Waals surface area contributed by atoms with Crippen molar-refractivity contribution in [3.63, 3.8) is 0 Å². The number of hydrogen-bond donors (Lipinski definition) is 1. The Hall–Kier alpha value is -2.14. The van der Waals surface area contributed by atoms with Gasteiger partial charge in [-0.2, -0.15) is 0 Å². The van der Waals surface area contributed by atoms with Gasteiger partial charge in [-0.1, -0.05) is 6.07 Å². The van der Waals surface area contributed by atoms with Crippen molar-refractivity contribution in [1.29, 1.82) is 0 Å². The van der Waals surface area contributed by atoms with Crippen LogP contribution in [0.15, 0.2) is 35.7 Å². The number of hydrogen-bond acceptors (Lipinski definition) is 3. The Kier molecular flexibility index (Phi) is 3.28. The number of carbonyl (C=O) groups is 2. The van der Waals surface area contributed by atoms with Crippen molar-refractivity contribution in [3.8, 4) is 0 Å². The molecule has 5 heteroatoms. The van der Waals surface area contributed by atoms with E-state index in [1.54, 1.807) is 23.3 Å². The van der Waals surface area contributed by atoms with E-state index in [1.807, 2.05) is 35.7 Å². The molecule has 0 saturated heterocycles. The highest BCUT2D eigenvalue weighted by molar-refractivity contribution is 7.10. The molecule has 2 aromatic rings. The first-order valence-electron chi connectivity index (χ1n) is 6.35. The minimum Gasteiger partial charge on any atom is -0.326 e. The fourth-order valence-electron chi connectivity index (χ4n) is 2.32. The molecule has 0 atom stereocenters. The standard InChI is InChI=1S/C15H14N2O2S/c1-17-13-5-4-11(7-10(13)8-15(17)19)16-14(18)9-12-3-2-6-20-12/h2-7H,8-9H2,1H3,(H,16,18). The molecule has 2 heterocycles. The predicted octanol–water partition coefficient (Wildman–Crippen LogP) is 2.45. The lowest BCUT2D eigenvalue weighted by molar-refractivity contribution is -0.117.